The molecule has 2 heterocycles. The number of aromatic nitrogens is 2. The number of halogens is 1. The Bertz CT molecular complexity index is 1130. The van der Waals surface area contributed by atoms with E-state index < -0.39 is 0 Å². The van der Waals surface area contributed by atoms with Gasteiger partial charge in [0.25, 0.3) is 5.56 Å². The van der Waals surface area contributed by atoms with Crippen LogP contribution in [0, 0.1) is 0 Å². The molecule has 0 fully saturated rings. The standard InChI is InChI=1S/C21H20BrN3O4/c1-2-24(11-14-3-6-18-19(9-14)29-13-28-18)20(26)7-8-25-12-23-17-5-4-15(22)10-16(17)21(25)27/h3-6,9-10,12H,2,7-8,11,13H2,1H3. The number of ether oxygens (including phenoxy) is 2. The van der Waals surface area contributed by atoms with Gasteiger partial charge in [-0.15, -0.1) is 0 Å². The van der Waals surface area contributed by atoms with E-state index in [0.717, 1.165) is 15.8 Å². The van der Waals surface area contributed by atoms with Gasteiger partial charge in [-0.05, 0) is 42.8 Å². The SMILES string of the molecule is CCN(Cc1ccc2c(c1)OCO2)C(=O)CCn1cnc2ccc(Br)cc2c1=O. The lowest BCUT2D eigenvalue weighted by Crippen LogP contribution is -2.32. The fraction of sp³-hybridized carbons (Fsp3) is 0.286. The minimum Gasteiger partial charge on any atom is -0.454 e. The number of benzene rings is 2. The molecule has 0 saturated heterocycles. The molecule has 4 rings (SSSR count). The zero-order valence-electron chi connectivity index (χ0n) is 15.9. The van der Waals surface area contributed by atoms with E-state index in [9.17, 15) is 9.59 Å². The Labute approximate surface area is 176 Å². The second-order valence-electron chi connectivity index (χ2n) is 6.75. The van der Waals surface area contributed by atoms with E-state index in [1.165, 1.54) is 10.9 Å². The molecule has 0 N–H and O–H groups in total. The normalized spacial score (nSPS) is 12.3. The molecule has 0 radical (unpaired) electrons. The number of carbonyl (C=O) groups is 1. The lowest BCUT2D eigenvalue weighted by Gasteiger charge is -2.21. The van der Waals surface area contributed by atoms with Crippen LogP contribution in [0.5, 0.6) is 11.5 Å². The molecule has 3 aromatic rings. The number of aryl methyl sites for hydroxylation is 1. The van der Waals surface area contributed by atoms with Crippen molar-refractivity contribution in [2.45, 2.75) is 26.4 Å². The van der Waals surface area contributed by atoms with Crippen LogP contribution in [-0.2, 0) is 17.9 Å². The summed E-state index contributed by atoms with van der Waals surface area (Å²) in [6.45, 7) is 3.49. The molecule has 0 saturated carbocycles. The van der Waals surface area contributed by atoms with Crippen LogP contribution < -0.4 is 15.0 Å². The van der Waals surface area contributed by atoms with Crippen LogP contribution in [0.2, 0.25) is 0 Å². The maximum Gasteiger partial charge on any atom is 0.261 e. The Hall–Kier alpha value is -2.87. The van der Waals surface area contributed by atoms with Gasteiger partial charge in [-0.1, -0.05) is 22.0 Å². The Morgan fingerprint density at radius 2 is 2.03 bits per heavy atom. The molecule has 1 aliphatic heterocycles. The van der Waals surface area contributed by atoms with E-state index in [4.69, 9.17) is 9.47 Å². The number of hydrogen-bond donors (Lipinski definition) is 0. The summed E-state index contributed by atoms with van der Waals surface area (Å²) >= 11 is 3.38. The molecule has 0 spiro atoms. The first-order valence-corrected chi connectivity index (χ1v) is 10.2. The summed E-state index contributed by atoms with van der Waals surface area (Å²) in [6.07, 6.45) is 1.72. The first-order valence-electron chi connectivity index (χ1n) is 9.36. The Morgan fingerprint density at radius 3 is 2.86 bits per heavy atom. The lowest BCUT2D eigenvalue weighted by molar-refractivity contribution is -0.131. The van der Waals surface area contributed by atoms with Crippen LogP contribution in [-0.4, -0.2) is 33.7 Å². The van der Waals surface area contributed by atoms with Gasteiger partial charge in [0.05, 0.1) is 17.2 Å². The third-order valence-electron chi connectivity index (χ3n) is 4.90. The van der Waals surface area contributed by atoms with Crippen molar-refractivity contribution in [1.82, 2.24) is 14.5 Å². The van der Waals surface area contributed by atoms with Gasteiger partial charge in [0, 0.05) is 30.5 Å². The number of nitrogens with zero attached hydrogens (tertiary/aromatic N) is 3. The number of fused-ring (bicyclic) bond motifs is 2. The molecule has 2 aromatic carbocycles. The first-order chi connectivity index (χ1) is 14.0. The monoisotopic (exact) mass is 457 g/mol. The van der Waals surface area contributed by atoms with E-state index in [-0.39, 0.29) is 31.2 Å². The quantitative estimate of drug-likeness (QED) is 0.567. The number of rotatable bonds is 6. The average Bonchev–Trinajstić information content (AvgIpc) is 3.19. The van der Waals surface area contributed by atoms with Gasteiger partial charge in [-0.25, -0.2) is 4.98 Å². The zero-order chi connectivity index (χ0) is 20.4. The van der Waals surface area contributed by atoms with E-state index in [0.29, 0.717) is 29.7 Å². The maximum absolute atomic E-state index is 12.7. The molecule has 1 amide bonds. The van der Waals surface area contributed by atoms with Gasteiger partial charge in [-0.3, -0.25) is 14.2 Å². The highest BCUT2D eigenvalue weighted by Gasteiger charge is 2.17. The predicted octanol–water partition coefficient (Wildman–Crippen LogP) is 3.33. The predicted molar refractivity (Wildman–Crippen MR) is 112 cm³/mol. The number of carbonyl (C=O) groups excluding carboxylic acids is 1. The van der Waals surface area contributed by atoms with E-state index >= 15 is 0 Å². The van der Waals surface area contributed by atoms with Crippen molar-refractivity contribution in [3.8, 4) is 11.5 Å². The van der Waals surface area contributed by atoms with Crippen LogP contribution in [0.25, 0.3) is 10.9 Å². The zero-order valence-corrected chi connectivity index (χ0v) is 17.5. The molecule has 7 nitrogen and oxygen atoms in total. The number of hydrogen-bond acceptors (Lipinski definition) is 5. The average molecular weight is 458 g/mol. The van der Waals surface area contributed by atoms with Gasteiger partial charge in [0.1, 0.15) is 0 Å². The van der Waals surface area contributed by atoms with Crippen LogP contribution in [0.3, 0.4) is 0 Å². The van der Waals surface area contributed by atoms with Gasteiger partial charge in [-0.2, -0.15) is 0 Å². The molecular formula is C21H20BrN3O4. The molecule has 150 valence electrons. The van der Waals surface area contributed by atoms with Crippen LogP contribution in [0.15, 0.2) is 52.0 Å². The van der Waals surface area contributed by atoms with Gasteiger partial charge in [0.2, 0.25) is 12.7 Å². The van der Waals surface area contributed by atoms with Crippen molar-refractivity contribution in [3.05, 3.63) is 63.1 Å². The van der Waals surface area contributed by atoms with E-state index in [2.05, 4.69) is 20.9 Å². The third kappa shape index (κ3) is 4.12. The fourth-order valence-electron chi connectivity index (χ4n) is 3.30. The summed E-state index contributed by atoms with van der Waals surface area (Å²) in [4.78, 5) is 31.5. The molecule has 1 aromatic heterocycles. The molecule has 0 aliphatic carbocycles. The van der Waals surface area contributed by atoms with Crippen molar-refractivity contribution in [1.29, 1.82) is 0 Å². The summed E-state index contributed by atoms with van der Waals surface area (Å²) in [5, 5.41) is 0.530. The summed E-state index contributed by atoms with van der Waals surface area (Å²) in [6, 6.07) is 11.1. The molecule has 29 heavy (non-hydrogen) atoms. The van der Waals surface area contributed by atoms with Crippen molar-refractivity contribution in [2.75, 3.05) is 13.3 Å². The second-order valence-corrected chi connectivity index (χ2v) is 7.67. The molecule has 8 heteroatoms. The second kappa shape index (κ2) is 8.24. The van der Waals surface area contributed by atoms with E-state index in [1.54, 1.807) is 17.0 Å². The molecule has 0 bridgehead atoms. The smallest absolute Gasteiger partial charge is 0.261 e. The topological polar surface area (TPSA) is 73.7 Å². The largest absolute Gasteiger partial charge is 0.454 e. The highest BCUT2D eigenvalue weighted by atomic mass is 79.9. The first kappa shape index (κ1) is 19.4. The third-order valence-corrected chi connectivity index (χ3v) is 5.39. The molecule has 1 aliphatic rings. The highest BCUT2D eigenvalue weighted by Crippen LogP contribution is 2.32. The van der Waals surface area contributed by atoms with E-state index in [1.807, 2.05) is 31.2 Å². The van der Waals surface area contributed by atoms with Crippen molar-refractivity contribution in [3.63, 3.8) is 0 Å². The van der Waals surface area contributed by atoms with Crippen LogP contribution >= 0.6 is 15.9 Å². The van der Waals surface area contributed by atoms with Gasteiger partial charge >= 0.3 is 0 Å². The van der Waals surface area contributed by atoms with Crippen LogP contribution in [0.4, 0.5) is 0 Å². The van der Waals surface area contributed by atoms with Gasteiger partial charge < -0.3 is 14.4 Å². The fourth-order valence-corrected chi connectivity index (χ4v) is 3.66. The van der Waals surface area contributed by atoms with Crippen molar-refractivity contribution < 1.29 is 14.3 Å². The van der Waals surface area contributed by atoms with Crippen molar-refractivity contribution >= 4 is 32.7 Å². The minimum atomic E-state index is -0.150. The Balaban J connectivity index is 1.45. The Morgan fingerprint density at radius 1 is 1.21 bits per heavy atom. The molecule has 0 unspecified atom stereocenters. The van der Waals surface area contributed by atoms with Gasteiger partial charge in [0.15, 0.2) is 11.5 Å². The summed E-state index contributed by atoms with van der Waals surface area (Å²) in [7, 11) is 0. The lowest BCUT2D eigenvalue weighted by atomic mass is 10.2. The minimum absolute atomic E-state index is 0.0218. The summed E-state index contributed by atoms with van der Waals surface area (Å²) < 4.78 is 13.0. The highest BCUT2D eigenvalue weighted by molar-refractivity contribution is 9.10. The molecule has 0 atom stereocenters. The summed E-state index contributed by atoms with van der Waals surface area (Å²) in [5.41, 5.74) is 1.46. The maximum atomic E-state index is 12.7. The summed E-state index contributed by atoms with van der Waals surface area (Å²) in [5.74, 6) is 1.40. The molecular weight excluding hydrogens is 438 g/mol. The number of amides is 1. The van der Waals surface area contributed by atoms with Crippen LogP contribution in [0.1, 0.15) is 18.9 Å². The van der Waals surface area contributed by atoms with Crippen molar-refractivity contribution in [2.24, 2.45) is 0 Å². The Kier molecular flexibility index (Phi) is 5.53.